The number of rotatable bonds is 0. The Morgan fingerprint density at radius 1 is 1.30 bits per heavy atom. The molecule has 2 aromatic carbocycles. The molecule has 0 amide bonds. The Balaban J connectivity index is 2.29. The molecule has 1 aromatic heterocycles. The average molecular weight is 328 g/mol. The minimum Gasteiger partial charge on any atom is -0.398 e. The van der Waals surface area contributed by atoms with Crippen molar-refractivity contribution in [2.45, 2.75) is 6.42 Å². The van der Waals surface area contributed by atoms with Crippen molar-refractivity contribution in [1.82, 2.24) is 9.97 Å². The van der Waals surface area contributed by atoms with E-state index in [1.54, 1.807) is 0 Å². The number of aromatic nitrogens is 2. The van der Waals surface area contributed by atoms with Gasteiger partial charge in [-0.3, -0.25) is 0 Å². The molecule has 0 fully saturated rings. The number of fused-ring (bicyclic) bond motifs is 2. The molecule has 0 radical (unpaired) electrons. The molecule has 0 aliphatic heterocycles. The third-order valence-corrected chi connectivity index (χ3v) is 4.35. The molecule has 4 nitrogen and oxygen atoms in total. The van der Waals surface area contributed by atoms with Crippen molar-refractivity contribution < 1.29 is 0 Å². The van der Waals surface area contributed by atoms with Gasteiger partial charge in [0.15, 0.2) is 0 Å². The smallest absolute Gasteiger partial charge is 0.346 e. The van der Waals surface area contributed by atoms with E-state index >= 15 is 0 Å². The second kappa shape index (κ2) is 3.93. The molecule has 1 aliphatic rings. The lowest BCUT2D eigenvalue weighted by molar-refractivity contribution is 1.09. The van der Waals surface area contributed by atoms with Crippen LogP contribution >= 0.6 is 15.9 Å². The first-order valence-electron chi connectivity index (χ1n) is 6.24. The highest BCUT2D eigenvalue weighted by Crippen LogP contribution is 2.41. The predicted octanol–water partition coefficient (Wildman–Crippen LogP) is 2.84. The second-order valence-electron chi connectivity index (χ2n) is 4.90. The Labute approximate surface area is 122 Å². The summed E-state index contributed by atoms with van der Waals surface area (Å²) >= 11 is 3.45. The zero-order valence-corrected chi connectivity index (χ0v) is 12.0. The summed E-state index contributed by atoms with van der Waals surface area (Å²) in [5, 5.41) is 0.940. The van der Waals surface area contributed by atoms with Crippen LogP contribution in [0.15, 0.2) is 39.6 Å². The van der Waals surface area contributed by atoms with Gasteiger partial charge in [-0.2, -0.15) is 4.98 Å². The van der Waals surface area contributed by atoms with E-state index in [1.165, 1.54) is 0 Å². The molecule has 20 heavy (non-hydrogen) atoms. The van der Waals surface area contributed by atoms with Crippen LogP contribution < -0.4 is 11.4 Å². The lowest BCUT2D eigenvalue weighted by Crippen LogP contribution is -2.16. The zero-order chi connectivity index (χ0) is 13.9. The van der Waals surface area contributed by atoms with Gasteiger partial charge in [-0.15, -0.1) is 0 Å². The first kappa shape index (κ1) is 11.7. The first-order valence-corrected chi connectivity index (χ1v) is 7.03. The number of hydrogen-bond acceptors (Lipinski definition) is 3. The van der Waals surface area contributed by atoms with E-state index in [1.807, 2.05) is 24.3 Å². The van der Waals surface area contributed by atoms with Gasteiger partial charge in [-0.25, -0.2) is 4.79 Å². The van der Waals surface area contributed by atoms with E-state index < -0.39 is 0 Å². The van der Waals surface area contributed by atoms with E-state index in [2.05, 4.69) is 32.0 Å². The summed E-state index contributed by atoms with van der Waals surface area (Å²) in [4.78, 5) is 18.8. The summed E-state index contributed by atoms with van der Waals surface area (Å²) in [5.41, 5.74) is 11.2. The van der Waals surface area contributed by atoms with Crippen molar-refractivity contribution in [2.24, 2.45) is 0 Å². The monoisotopic (exact) mass is 327 g/mol. The van der Waals surface area contributed by atoms with Gasteiger partial charge in [-0.1, -0.05) is 24.3 Å². The van der Waals surface area contributed by atoms with Gasteiger partial charge < -0.3 is 10.7 Å². The van der Waals surface area contributed by atoms with Gasteiger partial charge in [0.05, 0.1) is 11.2 Å². The number of H-pyrrole nitrogens is 1. The van der Waals surface area contributed by atoms with Crippen LogP contribution in [0.2, 0.25) is 0 Å². The maximum Gasteiger partial charge on any atom is 0.346 e. The molecule has 3 aromatic rings. The lowest BCUT2D eigenvalue weighted by Gasteiger charge is -2.21. The fourth-order valence-corrected chi connectivity index (χ4v) is 3.41. The van der Waals surface area contributed by atoms with Crippen LogP contribution in [0, 0.1) is 0 Å². The Morgan fingerprint density at radius 3 is 2.95 bits per heavy atom. The molecule has 0 atom stereocenters. The number of hydrogen-bond donors (Lipinski definition) is 2. The van der Waals surface area contributed by atoms with Crippen molar-refractivity contribution >= 4 is 32.5 Å². The summed E-state index contributed by atoms with van der Waals surface area (Å²) in [6.07, 6.45) is 0.756. The van der Waals surface area contributed by atoms with Crippen LogP contribution in [0.3, 0.4) is 0 Å². The lowest BCUT2D eigenvalue weighted by atomic mass is 9.87. The molecule has 1 aliphatic carbocycles. The van der Waals surface area contributed by atoms with E-state index in [4.69, 9.17) is 5.73 Å². The fourth-order valence-electron chi connectivity index (χ4n) is 2.88. The fraction of sp³-hybridized carbons (Fsp3) is 0.0667. The van der Waals surface area contributed by atoms with E-state index in [0.29, 0.717) is 11.2 Å². The maximum atomic E-state index is 11.8. The van der Waals surface area contributed by atoms with Crippen molar-refractivity contribution in [1.29, 1.82) is 0 Å². The van der Waals surface area contributed by atoms with E-state index in [0.717, 1.165) is 38.7 Å². The van der Waals surface area contributed by atoms with Crippen LogP contribution in [0.4, 0.5) is 5.69 Å². The molecule has 0 spiro atoms. The number of nitrogen functional groups attached to an aromatic ring is 1. The molecule has 4 rings (SSSR count). The number of anilines is 1. The number of nitrogens with zero attached hydrogens (tertiary/aromatic N) is 1. The number of nitrogens with two attached hydrogens (primary N) is 1. The molecule has 0 saturated carbocycles. The van der Waals surface area contributed by atoms with Crippen molar-refractivity contribution in [3.8, 4) is 11.3 Å². The Bertz CT molecular complexity index is 930. The number of aromatic amines is 1. The summed E-state index contributed by atoms with van der Waals surface area (Å²) in [6.45, 7) is 0. The highest BCUT2D eigenvalue weighted by Gasteiger charge is 2.23. The molecule has 1 heterocycles. The normalized spacial score (nSPS) is 12.4. The second-order valence-corrected chi connectivity index (χ2v) is 5.75. The first-order chi connectivity index (χ1) is 9.65. The molecule has 98 valence electrons. The van der Waals surface area contributed by atoms with Crippen LogP contribution in [0.5, 0.6) is 0 Å². The van der Waals surface area contributed by atoms with Crippen LogP contribution in [-0.2, 0) is 6.42 Å². The van der Waals surface area contributed by atoms with Crippen molar-refractivity contribution in [3.05, 3.63) is 56.4 Å². The molecule has 3 N–H and O–H groups in total. The molecule has 5 heteroatoms. The third kappa shape index (κ3) is 1.47. The Hall–Kier alpha value is -2.14. The SMILES string of the molecule is Nc1cc(Br)c2nc(=O)[nH]c3c2c1Cc1ccccc1-3. The van der Waals surface area contributed by atoms with Gasteiger partial charge in [-0.05, 0) is 33.1 Å². The van der Waals surface area contributed by atoms with Crippen LogP contribution in [0.25, 0.3) is 22.2 Å². The van der Waals surface area contributed by atoms with Gasteiger partial charge in [0, 0.05) is 27.5 Å². The van der Waals surface area contributed by atoms with Gasteiger partial charge in [0.25, 0.3) is 0 Å². The maximum absolute atomic E-state index is 11.8. The highest BCUT2D eigenvalue weighted by atomic mass is 79.9. The van der Waals surface area contributed by atoms with Gasteiger partial charge in [0.1, 0.15) is 0 Å². The van der Waals surface area contributed by atoms with Crippen molar-refractivity contribution in [2.75, 3.05) is 5.73 Å². The highest BCUT2D eigenvalue weighted by molar-refractivity contribution is 9.10. The minimum atomic E-state index is -0.347. The largest absolute Gasteiger partial charge is 0.398 e. The van der Waals surface area contributed by atoms with Crippen LogP contribution in [0.1, 0.15) is 11.1 Å². The molecule has 0 saturated heterocycles. The number of halogens is 1. The minimum absolute atomic E-state index is 0.347. The van der Waals surface area contributed by atoms with Gasteiger partial charge in [0.2, 0.25) is 0 Å². The Kier molecular flexibility index (Phi) is 2.29. The summed E-state index contributed by atoms with van der Waals surface area (Å²) in [5.74, 6) is 0. The van der Waals surface area contributed by atoms with Crippen LogP contribution in [-0.4, -0.2) is 9.97 Å². The number of nitrogens with one attached hydrogen (secondary N) is 1. The molecule has 0 bridgehead atoms. The van der Waals surface area contributed by atoms with Gasteiger partial charge >= 0.3 is 5.69 Å². The third-order valence-electron chi connectivity index (χ3n) is 3.74. The number of benzene rings is 2. The predicted molar refractivity (Wildman–Crippen MR) is 82.7 cm³/mol. The standard InChI is InChI=1S/C15H10BrN3O/c16-10-6-11(17)9-5-7-3-1-2-4-8(7)13-12(9)14(10)19-15(20)18-13/h1-4,6H,5,17H2,(H,18,19,20). The van der Waals surface area contributed by atoms with E-state index in [9.17, 15) is 4.79 Å². The molecule has 0 unspecified atom stereocenters. The quantitative estimate of drug-likeness (QED) is 0.488. The molecular weight excluding hydrogens is 318 g/mol. The Morgan fingerprint density at radius 2 is 2.10 bits per heavy atom. The summed E-state index contributed by atoms with van der Waals surface area (Å²) in [6, 6.07) is 9.86. The topological polar surface area (TPSA) is 71.8 Å². The average Bonchev–Trinajstić information content (AvgIpc) is 2.44. The summed E-state index contributed by atoms with van der Waals surface area (Å²) in [7, 11) is 0. The zero-order valence-electron chi connectivity index (χ0n) is 10.4. The van der Waals surface area contributed by atoms with E-state index in [-0.39, 0.29) is 5.69 Å². The summed E-state index contributed by atoms with van der Waals surface area (Å²) < 4.78 is 0.750. The molecular formula is C15H10BrN3O. The van der Waals surface area contributed by atoms with Crippen molar-refractivity contribution in [3.63, 3.8) is 0 Å².